The predicted molar refractivity (Wildman–Crippen MR) is 76.3 cm³/mol. The van der Waals surface area contributed by atoms with Crippen molar-refractivity contribution in [3.63, 3.8) is 0 Å². The topological polar surface area (TPSA) is 43.8 Å². The van der Waals surface area contributed by atoms with Crippen LogP contribution in [-0.2, 0) is 0 Å². The first-order valence-corrected chi connectivity index (χ1v) is 6.73. The minimum absolute atomic E-state index is 0.108. The van der Waals surface area contributed by atoms with E-state index in [4.69, 9.17) is 5.73 Å². The second-order valence-electron chi connectivity index (χ2n) is 3.44. The van der Waals surface area contributed by atoms with Gasteiger partial charge in [-0.3, -0.25) is 4.68 Å². The molecule has 2 rings (SSSR count). The molecule has 84 valence electrons. The first-order valence-electron chi connectivity index (χ1n) is 4.86. The van der Waals surface area contributed by atoms with Crippen molar-refractivity contribution in [3.8, 4) is 0 Å². The quantitative estimate of drug-likeness (QED) is 0.817. The van der Waals surface area contributed by atoms with E-state index in [0.717, 1.165) is 8.04 Å². The number of hydrogen-bond acceptors (Lipinski definition) is 2. The van der Waals surface area contributed by atoms with Crippen LogP contribution in [0.2, 0.25) is 0 Å². The summed E-state index contributed by atoms with van der Waals surface area (Å²) in [5, 5.41) is 4.30. The van der Waals surface area contributed by atoms with Gasteiger partial charge in [0.2, 0.25) is 0 Å². The molecule has 2 N–H and O–H groups in total. The monoisotopic (exact) mass is 391 g/mol. The first-order chi connectivity index (χ1) is 7.70. The molecule has 5 heteroatoms. The molecule has 1 unspecified atom stereocenters. The highest BCUT2D eigenvalue weighted by molar-refractivity contribution is 14.1. The van der Waals surface area contributed by atoms with Gasteiger partial charge in [-0.2, -0.15) is 5.10 Å². The summed E-state index contributed by atoms with van der Waals surface area (Å²) in [4.78, 5) is 0. The summed E-state index contributed by atoms with van der Waals surface area (Å²) >= 11 is 5.67. The van der Waals surface area contributed by atoms with E-state index < -0.39 is 0 Å². The third-order valence-electron chi connectivity index (χ3n) is 2.37. The Balaban J connectivity index is 2.32. The number of nitrogens with two attached hydrogens (primary N) is 1. The maximum absolute atomic E-state index is 5.81. The number of hydrogen-bond donors (Lipinski definition) is 1. The highest BCUT2D eigenvalue weighted by Gasteiger charge is 2.12. The van der Waals surface area contributed by atoms with E-state index in [1.165, 1.54) is 5.56 Å². The molecule has 16 heavy (non-hydrogen) atoms. The zero-order valence-electron chi connectivity index (χ0n) is 8.48. The third-order valence-corrected chi connectivity index (χ3v) is 3.45. The average Bonchev–Trinajstić information content (AvgIpc) is 2.69. The van der Waals surface area contributed by atoms with Crippen LogP contribution >= 0.6 is 38.5 Å². The fraction of sp³-hybridized carbons (Fsp3) is 0.182. The van der Waals surface area contributed by atoms with Crippen LogP contribution in [0.1, 0.15) is 11.6 Å². The molecule has 0 saturated carbocycles. The Bertz CT molecular complexity index is 466. The Morgan fingerprint density at radius 3 is 2.56 bits per heavy atom. The van der Waals surface area contributed by atoms with Crippen molar-refractivity contribution in [2.45, 2.75) is 6.04 Å². The Morgan fingerprint density at radius 1 is 1.38 bits per heavy atom. The van der Waals surface area contributed by atoms with Crippen molar-refractivity contribution in [1.82, 2.24) is 9.78 Å². The zero-order valence-corrected chi connectivity index (χ0v) is 12.2. The summed E-state index contributed by atoms with van der Waals surface area (Å²) in [7, 11) is 0. The van der Waals surface area contributed by atoms with Gasteiger partial charge in [-0.15, -0.1) is 0 Å². The lowest BCUT2D eigenvalue weighted by Gasteiger charge is -2.15. The maximum Gasteiger partial charge on any atom is 0.0891 e. The van der Waals surface area contributed by atoms with Crippen LogP contribution in [0.3, 0.4) is 0 Å². The van der Waals surface area contributed by atoms with Crippen molar-refractivity contribution in [2.75, 3.05) is 6.54 Å². The second kappa shape index (κ2) is 5.29. The molecule has 2 aromatic rings. The van der Waals surface area contributed by atoms with E-state index >= 15 is 0 Å². The first kappa shape index (κ1) is 12.1. The molecule has 0 saturated heterocycles. The van der Waals surface area contributed by atoms with Crippen LogP contribution in [0.4, 0.5) is 0 Å². The van der Waals surface area contributed by atoms with E-state index in [-0.39, 0.29) is 6.04 Å². The highest BCUT2D eigenvalue weighted by atomic mass is 127. The predicted octanol–water partition coefficient (Wildman–Crippen LogP) is 2.80. The van der Waals surface area contributed by atoms with E-state index in [1.54, 1.807) is 0 Å². The Morgan fingerprint density at radius 2 is 2.06 bits per heavy atom. The fourth-order valence-corrected chi connectivity index (χ4v) is 2.24. The van der Waals surface area contributed by atoms with E-state index in [9.17, 15) is 0 Å². The maximum atomic E-state index is 5.81. The molecule has 1 heterocycles. The van der Waals surface area contributed by atoms with Gasteiger partial charge in [-0.25, -0.2) is 0 Å². The smallest absolute Gasteiger partial charge is 0.0891 e. The number of rotatable bonds is 3. The molecule has 0 aliphatic rings. The van der Waals surface area contributed by atoms with Gasteiger partial charge >= 0.3 is 0 Å². The van der Waals surface area contributed by atoms with Crippen LogP contribution in [0.25, 0.3) is 0 Å². The van der Waals surface area contributed by atoms with E-state index in [1.807, 2.05) is 29.2 Å². The lowest BCUT2D eigenvalue weighted by molar-refractivity contribution is 0.532. The normalized spacial score (nSPS) is 12.7. The Hall–Kier alpha value is -0.400. The number of aromatic nitrogens is 2. The summed E-state index contributed by atoms with van der Waals surface area (Å²) in [6.45, 7) is 0.541. The molecule has 1 atom stereocenters. The number of nitrogens with zero attached hydrogens (tertiary/aromatic N) is 2. The SMILES string of the molecule is NCC(c1ccc(Br)cc1)n1cc(I)cn1. The van der Waals surface area contributed by atoms with Gasteiger partial charge in [0.05, 0.1) is 15.8 Å². The average molecular weight is 392 g/mol. The van der Waals surface area contributed by atoms with Gasteiger partial charge in [0, 0.05) is 17.2 Å². The number of halogens is 2. The molecule has 0 spiro atoms. The lowest BCUT2D eigenvalue weighted by atomic mass is 10.1. The largest absolute Gasteiger partial charge is 0.328 e. The van der Waals surface area contributed by atoms with Crippen molar-refractivity contribution < 1.29 is 0 Å². The van der Waals surface area contributed by atoms with Gasteiger partial charge < -0.3 is 5.73 Å². The van der Waals surface area contributed by atoms with Gasteiger partial charge in [0.1, 0.15) is 0 Å². The summed E-state index contributed by atoms with van der Waals surface area (Å²) in [5.74, 6) is 0. The van der Waals surface area contributed by atoms with Crippen LogP contribution in [0, 0.1) is 3.57 Å². The molecular weight excluding hydrogens is 381 g/mol. The van der Waals surface area contributed by atoms with Crippen LogP contribution in [0.5, 0.6) is 0 Å². The summed E-state index contributed by atoms with van der Waals surface area (Å²) in [5.41, 5.74) is 6.98. The van der Waals surface area contributed by atoms with Crippen LogP contribution in [0.15, 0.2) is 41.1 Å². The van der Waals surface area contributed by atoms with Gasteiger partial charge in [-0.05, 0) is 40.3 Å². The molecule has 1 aromatic carbocycles. The van der Waals surface area contributed by atoms with Crippen LogP contribution < -0.4 is 5.73 Å². The van der Waals surface area contributed by atoms with Gasteiger partial charge in [-0.1, -0.05) is 28.1 Å². The molecule has 1 aromatic heterocycles. The highest BCUT2D eigenvalue weighted by Crippen LogP contribution is 2.20. The fourth-order valence-electron chi connectivity index (χ4n) is 1.57. The lowest BCUT2D eigenvalue weighted by Crippen LogP contribution is -2.20. The minimum Gasteiger partial charge on any atom is -0.328 e. The van der Waals surface area contributed by atoms with Crippen molar-refractivity contribution in [2.24, 2.45) is 5.73 Å². The molecule has 0 radical (unpaired) electrons. The Kier molecular flexibility index (Phi) is 3.99. The molecule has 0 bridgehead atoms. The van der Waals surface area contributed by atoms with E-state index in [2.05, 4.69) is 55.8 Å². The molecule has 0 aliphatic heterocycles. The van der Waals surface area contributed by atoms with Gasteiger partial charge in [0.15, 0.2) is 0 Å². The van der Waals surface area contributed by atoms with Crippen molar-refractivity contribution in [1.29, 1.82) is 0 Å². The molecular formula is C11H11BrIN3. The number of benzene rings is 1. The molecule has 0 fully saturated rings. The molecule has 0 aliphatic carbocycles. The minimum atomic E-state index is 0.108. The van der Waals surface area contributed by atoms with Crippen molar-refractivity contribution in [3.05, 3.63) is 50.3 Å². The summed E-state index contributed by atoms with van der Waals surface area (Å²) in [6.07, 6.45) is 3.84. The van der Waals surface area contributed by atoms with Gasteiger partial charge in [0.25, 0.3) is 0 Å². The van der Waals surface area contributed by atoms with E-state index in [0.29, 0.717) is 6.54 Å². The summed E-state index contributed by atoms with van der Waals surface area (Å²) < 4.78 is 4.10. The molecule has 3 nitrogen and oxygen atoms in total. The van der Waals surface area contributed by atoms with Crippen molar-refractivity contribution >= 4 is 38.5 Å². The standard InChI is InChI=1S/C11H11BrIN3/c12-9-3-1-8(2-4-9)11(5-14)16-7-10(13)6-15-16/h1-4,6-7,11H,5,14H2. The zero-order chi connectivity index (χ0) is 11.5. The summed E-state index contributed by atoms with van der Waals surface area (Å²) in [6, 6.07) is 8.28. The van der Waals surface area contributed by atoms with Crippen LogP contribution in [-0.4, -0.2) is 16.3 Å². The molecule has 0 amide bonds. The third kappa shape index (κ3) is 2.64. The Labute approximate surface area is 116 Å². The second-order valence-corrected chi connectivity index (χ2v) is 5.60.